The van der Waals surface area contributed by atoms with Crippen LogP contribution >= 0.6 is 0 Å². The van der Waals surface area contributed by atoms with Crippen LogP contribution in [0.4, 0.5) is 23.1 Å². The lowest BCUT2D eigenvalue weighted by Crippen LogP contribution is -2.47. The van der Waals surface area contributed by atoms with Crippen molar-refractivity contribution in [2.45, 2.75) is 6.92 Å². The quantitative estimate of drug-likeness (QED) is 0.417. The number of hydrogen-bond donors (Lipinski definition) is 3. The van der Waals surface area contributed by atoms with E-state index < -0.39 is 5.76 Å². The molecule has 5 rings (SSSR count). The highest BCUT2D eigenvalue weighted by atomic mass is 16.4. The van der Waals surface area contributed by atoms with Crippen molar-refractivity contribution in [2.24, 2.45) is 0 Å². The number of aryl methyl sites for hydroxylation is 1. The Hall–Kier alpha value is -4.18. The van der Waals surface area contributed by atoms with Gasteiger partial charge < -0.3 is 24.9 Å². The molecule has 2 aromatic heterocycles. The molecular formula is C24H25N7O3. The average molecular weight is 460 g/mol. The standard InChI is InChI=1S/C24H25N7O3/c1-15-14-25-23(29-21(15)26-18-6-7-20-19(13-18)28-24(33)34-20)27-17-5-3-4-16(12-17)22(32)31-10-8-30(2)9-11-31/h3-7,12-14H,8-11H2,1-2H3,(H,28,33)(H2,25,26,27,29). The number of hydrogen-bond acceptors (Lipinski definition) is 8. The van der Waals surface area contributed by atoms with Crippen molar-refractivity contribution in [1.82, 2.24) is 24.8 Å². The number of anilines is 4. The number of rotatable bonds is 5. The number of carbonyl (C=O) groups excluding carboxylic acids is 1. The molecule has 34 heavy (non-hydrogen) atoms. The third-order valence-corrected chi connectivity index (χ3v) is 5.81. The highest BCUT2D eigenvalue weighted by Gasteiger charge is 2.20. The van der Waals surface area contributed by atoms with Gasteiger partial charge in [0.15, 0.2) is 5.58 Å². The first-order chi connectivity index (χ1) is 16.4. The maximum Gasteiger partial charge on any atom is 0.417 e. The molecule has 0 atom stereocenters. The highest BCUT2D eigenvalue weighted by Crippen LogP contribution is 2.24. The van der Waals surface area contributed by atoms with E-state index in [1.165, 1.54) is 0 Å². The smallest absolute Gasteiger partial charge is 0.408 e. The van der Waals surface area contributed by atoms with Crippen LogP contribution in [0.25, 0.3) is 11.1 Å². The number of likely N-dealkylation sites (N-methyl/N-ethyl adjacent to an activating group) is 1. The summed E-state index contributed by atoms with van der Waals surface area (Å²) in [6.07, 6.45) is 1.72. The van der Waals surface area contributed by atoms with E-state index >= 15 is 0 Å². The van der Waals surface area contributed by atoms with Gasteiger partial charge in [0.2, 0.25) is 5.95 Å². The zero-order chi connectivity index (χ0) is 23.7. The SMILES string of the molecule is Cc1cnc(Nc2cccc(C(=O)N3CCN(C)CC3)c2)nc1Nc1ccc2oc(=O)[nH]c2c1. The largest absolute Gasteiger partial charge is 0.417 e. The zero-order valence-electron chi connectivity index (χ0n) is 19.0. The second-order valence-corrected chi connectivity index (χ2v) is 8.38. The van der Waals surface area contributed by atoms with Crippen LogP contribution < -0.4 is 16.4 Å². The fraction of sp³-hybridized carbons (Fsp3) is 0.250. The molecule has 0 unspecified atom stereocenters. The Labute approximate surface area is 195 Å². The van der Waals surface area contributed by atoms with E-state index in [2.05, 4.69) is 37.5 Å². The fourth-order valence-corrected chi connectivity index (χ4v) is 3.85. The van der Waals surface area contributed by atoms with Crippen LogP contribution in [0.15, 0.2) is 57.9 Å². The summed E-state index contributed by atoms with van der Waals surface area (Å²) in [6, 6.07) is 12.7. The van der Waals surface area contributed by atoms with Gasteiger partial charge in [-0.25, -0.2) is 9.78 Å². The molecule has 3 N–H and O–H groups in total. The number of nitrogens with zero attached hydrogens (tertiary/aromatic N) is 4. The molecule has 1 amide bonds. The first-order valence-electron chi connectivity index (χ1n) is 11.0. The van der Waals surface area contributed by atoms with Crippen LogP contribution in [0, 0.1) is 6.92 Å². The summed E-state index contributed by atoms with van der Waals surface area (Å²) < 4.78 is 5.05. The van der Waals surface area contributed by atoms with Gasteiger partial charge in [0.1, 0.15) is 5.82 Å². The van der Waals surface area contributed by atoms with E-state index in [-0.39, 0.29) is 5.91 Å². The molecule has 3 heterocycles. The Morgan fingerprint density at radius 2 is 1.85 bits per heavy atom. The molecular weight excluding hydrogens is 434 g/mol. The molecule has 2 aromatic carbocycles. The van der Waals surface area contributed by atoms with E-state index in [4.69, 9.17) is 4.42 Å². The number of amides is 1. The Kier molecular flexibility index (Phi) is 5.72. The molecule has 0 saturated carbocycles. The fourth-order valence-electron chi connectivity index (χ4n) is 3.85. The lowest BCUT2D eigenvalue weighted by Gasteiger charge is -2.32. The summed E-state index contributed by atoms with van der Waals surface area (Å²) >= 11 is 0. The van der Waals surface area contributed by atoms with Crippen molar-refractivity contribution < 1.29 is 9.21 Å². The predicted octanol–water partition coefficient (Wildman–Crippen LogP) is 3.09. The van der Waals surface area contributed by atoms with Gasteiger partial charge in [-0.05, 0) is 50.4 Å². The molecule has 174 valence electrons. The molecule has 0 radical (unpaired) electrons. The van der Waals surface area contributed by atoms with E-state index in [0.717, 1.165) is 43.1 Å². The number of benzene rings is 2. The van der Waals surface area contributed by atoms with Crippen molar-refractivity contribution in [3.05, 3.63) is 70.3 Å². The summed E-state index contributed by atoms with van der Waals surface area (Å²) in [4.78, 5) is 40.0. The second-order valence-electron chi connectivity index (χ2n) is 8.38. The van der Waals surface area contributed by atoms with E-state index in [0.29, 0.717) is 28.4 Å². The summed E-state index contributed by atoms with van der Waals surface area (Å²) in [5.74, 6) is 0.546. The molecule has 1 fully saturated rings. The van der Waals surface area contributed by atoms with Crippen LogP contribution in [0.1, 0.15) is 15.9 Å². The Balaban J connectivity index is 1.33. The van der Waals surface area contributed by atoms with Crippen molar-refractivity contribution in [2.75, 3.05) is 43.9 Å². The summed E-state index contributed by atoms with van der Waals surface area (Å²) in [7, 11) is 2.06. The van der Waals surface area contributed by atoms with E-state index in [9.17, 15) is 9.59 Å². The number of carbonyl (C=O) groups is 1. The van der Waals surface area contributed by atoms with Crippen molar-refractivity contribution in [3.63, 3.8) is 0 Å². The number of oxazole rings is 1. The van der Waals surface area contributed by atoms with Gasteiger partial charge in [-0.3, -0.25) is 9.78 Å². The van der Waals surface area contributed by atoms with Crippen LogP contribution in [0.5, 0.6) is 0 Å². The number of nitrogens with one attached hydrogen (secondary N) is 3. The van der Waals surface area contributed by atoms with E-state index in [1.54, 1.807) is 24.4 Å². The van der Waals surface area contributed by atoms with Crippen LogP contribution in [0.3, 0.4) is 0 Å². The highest BCUT2D eigenvalue weighted by molar-refractivity contribution is 5.95. The van der Waals surface area contributed by atoms with Gasteiger partial charge in [0.25, 0.3) is 5.91 Å². The first kappa shape index (κ1) is 21.7. The lowest BCUT2D eigenvalue weighted by atomic mass is 10.1. The first-order valence-corrected chi connectivity index (χ1v) is 11.0. The molecule has 0 spiro atoms. The Bertz CT molecular complexity index is 1400. The van der Waals surface area contributed by atoms with E-state index in [1.807, 2.05) is 36.1 Å². The molecule has 4 aromatic rings. The van der Waals surface area contributed by atoms with Crippen LogP contribution in [-0.4, -0.2) is 63.9 Å². The number of piperazine rings is 1. The predicted molar refractivity (Wildman–Crippen MR) is 130 cm³/mol. The van der Waals surface area contributed by atoms with Crippen molar-refractivity contribution in [3.8, 4) is 0 Å². The topological polar surface area (TPSA) is 119 Å². The Morgan fingerprint density at radius 1 is 1.06 bits per heavy atom. The second kappa shape index (κ2) is 8.99. The van der Waals surface area contributed by atoms with Crippen LogP contribution in [0.2, 0.25) is 0 Å². The average Bonchev–Trinajstić information content (AvgIpc) is 3.21. The molecule has 1 aliphatic rings. The van der Waals surface area contributed by atoms with Gasteiger partial charge in [-0.2, -0.15) is 4.98 Å². The van der Waals surface area contributed by atoms with Gasteiger partial charge in [-0.15, -0.1) is 0 Å². The maximum absolute atomic E-state index is 12.9. The van der Waals surface area contributed by atoms with Gasteiger partial charge in [0.05, 0.1) is 5.52 Å². The number of aromatic amines is 1. The molecule has 0 bridgehead atoms. The minimum atomic E-state index is -0.495. The molecule has 0 aliphatic carbocycles. The summed E-state index contributed by atoms with van der Waals surface area (Å²) in [5.41, 5.74) is 4.04. The third-order valence-electron chi connectivity index (χ3n) is 5.81. The van der Waals surface area contributed by atoms with Crippen molar-refractivity contribution in [1.29, 1.82) is 0 Å². The minimum Gasteiger partial charge on any atom is -0.408 e. The zero-order valence-corrected chi connectivity index (χ0v) is 19.0. The number of fused-ring (bicyclic) bond motifs is 1. The van der Waals surface area contributed by atoms with Crippen LogP contribution in [-0.2, 0) is 0 Å². The monoisotopic (exact) mass is 459 g/mol. The Morgan fingerprint density at radius 3 is 2.68 bits per heavy atom. The number of aromatic nitrogens is 3. The van der Waals surface area contributed by atoms with Gasteiger partial charge >= 0.3 is 5.76 Å². The number of H-pyrrole nitrogens is 1. The lowest BCUT2D eigenvalue weighted by molar-refractivity contribution is 0.0664. The summed E-state index contributed by atoms with van der Waals surface area (Å²) in [5, 5.41) is 6.45. The molecule has 1 saturated heterocycles. The van der Waals surface area contributed by atoms with Gasteiger partial charge in [0, 0.05) is 54.9 Å². The van der Waals surface area contributed by atoms with Gasteiger partial charge in [-0.1, -0.05) is 6.07 Å². The molecule has 1 aliphatic heterocycles. The van der Waals surface area contributed by atoms with Crippen molar-refractivity contribution >= 4 is 40.1 Å². The molecule has 10 heteroatoms. The normalized spacial score (nSPS) is 14.4. The minimum absolute atomic E-state index is 0.0246. The summed E-state index contributed by atoms with van der Waals surface area (Å²) in [6.45, 7) is 5.10. The molecule has 10 nitrogen and oxygen atoms in total. The third kappa shape index (κ3) is 4.62. The maximum atomic E-state index is 12.9.